The highest BCUT2D eigenvalue weighted by atomic mass is 32.1. The fourth-order valence-corrected chi connectivity index (χ4v) is 4.64. The number of hydrogen-bond acceptors (Lipinski definition) is 3. The van der Waals surface area contributed by atoms with Crippen molar-refractivity contribution in [3.63, 3.8) is 0 Å². The standard InChI is InChI=1S/C21H29N2O2S/c1-22(13-16-23(2)14-7-4-8-15-23)20(24)21(25,19-12-9-17-26-19)18-10-5-3-6-11-18/h3,5-6,9-12,17,25H,4,7-8,13-16H2,1-2H3/q+1. The van der Waals surface area contributed by atoms with Crippen LogP contribution in [0.25, 0.3) is 0 Å². The predicted octanol–water partition coefficient (Wildman–Crippen LogP) is 3.07. The van der Waals surface area contributed by atoms with Crippen LogP contribution in [0.2, 0.25) is 0 Å². The van der Waals surface area contributed by atoms with Crippen molar-refractivity contribution in [1.82, 2.24) is 4.90 Å². The fourth-order valence-electron chi connectivity index (χ4n) is 3.80. The lowest BCUT2D eigenvalue weighted by molar-refractivity contribution is -0.913. The lowest BCUT2D eigenvalue weighted by Gasteiger charge is -2.39. The second-order valence-electron chi connectivity index (χ2n) is 7.63. The minimum Gasteiger partial charge on any atom is -0.371 e. The predicted molar refractivity (Wildman–Crippen MR) is 106 cm³/mol. The van der Waals surface area contributed by atoms with E-state index >= 15 is 0 Å². The first-order valence-corrected chi connectivity index (χ1v) is 10.2. The average molecular weight is 374 g/mol. The molecule has 0 bridgehead atoms. The van der Waals surface area contributed by atoms with Crippen LogP contribution in [0, 0.1) is 0 Å². The van der Waals surface area contributed by atoms with Gasteiger partial charge in [-0.1, -0.05) is 36.4 Å². The van der Waals surface area contributed by atoms with Gasteiger partial charge in [0.25, 0.3) is 5.91 Å². The number of likely N-dealkylation sites (N-methyl/N-ethyl adjacent to an activating group) is 2. The van der Waals surface area contributed by atoms with Crippen molar-refractivity contribution in [2.45, 2.75) is 24.9 Å². The van der Waals surface area contributed by atoms with E-state index in [4.69, 9.17) is 0 Å². The fraction of sp³-hybridized carbons (Fsp3) is 0.476. The van der Waals surface area contributed by atoms with Crippen molar-refractivity contribution < 1.29 is 14.4 Å². The molecule has 1 aliphatic heterocycles. The molecule has 1 aromatic heterocycles. The molecule has 1 saturated heterocycles. The zero-order chi connectivity index (χ0) is 18.6. The van der Waals surface area contributed by atoms with E-state index < -0.39 is 5.60 Å². The Morgan fingerprint density at radius 1 is 1.15 bits per heavy atom. The zero-order valence-electron chi connectivity index (χ0n) is 15.7. The largest absolute Gasteiger partial charge is 0.371 e. The summed E-state index contributed by atoms with van der Waals surface area (Å²) >= 11 is 1.41. The van der Waals surface area contributed by atoms with E-state index in [-0.39, 0.29) is 5.91 Å². The summed E-state index contributed by atoms with van der Waals surface area (Å²) in [5.74, 6) is -0.255. The van der Waals surface area contributed by atoms with E-state index in [2.05, 4.69) is 7.05 Å². The molecule has 140 valence electrons. The molecule has 1 N–H and O–H groups in total. The SMILES string of the molecule is CN(CC[N+]1(C)CCCCC1)C(=O)C(O)(c1ccccc1)c1cccs1. The van der Waals surface area contributed by atoms with Crippen molar-refractivity contribution in [1.29, 1.82) is 0 Å². The van der Waals surface area contributed by atoms with Gasteiger partial charge in [0, 0.05) is 7.05 Å². The first kappa shape index (κ1) is 19.1. The second-order valence-corrected chi connectivity index (χ2v) is 8.58. The molecule has 4 nitrogen and oxygen atoms in total. The molecule has 1 amide bonds. The van der Waals surface area contributed by atoms with Gasteiger partial charge in [-0.25, -0.2) is 0 Å². The number of amides is 1. The third-order valence-electron chi connectivity index (χ3n) is 5.60. The molecule has 0 spiro atoms. The van der Waals surface area contributed by atoms with Crippen LogP contribution in [0.3, 0.4) is 0 Å². The molecule has 1 aromatic carbocycles. The van der Waals surface area contributed by atoms with Gasteiger partial charge < -0.3 is 14.5 Å². The molecular formula is C21H29N2O2S+. The quantitative estimate of drug-likeness (QED) is 0.791. The summed E-state index contributed by atoms with van der Waals surface area (Å²) in [4.78, 5) is 15.7. The molecule has 3 rings (SSSR count). The number of carbonyl (C=O) groups is 1. The highest BCUT2D eigenvalue weighted by Crippen LogP contribution is 2.34. The molecule has 0 radical (unpaired) electrons. The van der Waals surface area contributed by atoms with E-state index in [9.17, 15) is 9.90 Å². The first-order chi connectivity index (χ1) is 12.5. The lowest BCUT2D eigenvalue weighted by atomic mass is 9.90. The van der Waals surface area contributed by atoms with Crippen LogP contribution in [0.5, 0.6) is 0 Å². The van der Waals surface area contributed by atoms with Crippen molar-refractivity contribution in [3.05, 3.63) is 58.3 Å². The monoisotopic (exact) mass is 373 g/mol. The molecule has 0 aliphatic carbocycles. The minimum atomic E-state index is -1.62. The first-order valence-electron chi connectivity index (χ1n) is 9.37. The van der Waals surface area contributed by atoms with E-state index in [0.29, 0.717) is 17.0 Å². The minimum absolute atomic E-state index is 0.255. The molecule has 2 heterocycles. The third kappa shape index (κ3) is 3.85. The van der Waals surface area contributed by atoms with Gasteiger partial charge in [0.2, 0.25) is 5.60 Å². The van der Waals surface area contributed by atoms with Crippen LogP contribution in [0.4, 0.5) is 0 Å². The second kappa shape index (κ2) is 7.91. The summed E-state index contributed by atoms with van der Waals surface area (Å²) in [7, 11) is 4.08. The molecule has 26 heavy (non-hydrogen) atoms. The Labute approximate surface area is 160 Å². The molecule has 1 atom stereocenters. The Kier molecular flexibility index (Phi) is 5.80. The number of hydrogen-bond donors (Lipinski definition) is 1. The summed E-state index contributed by atoms with van der Waals surface area (Å²) in [6.07, 6.45) is 3.84. The van der Waals surface area contributed by atoms with E-state index in [1.807, 2.05) is 47.8 Å². The molecule has 2 aromatic rings. The number of aliphatic hydroxyl groups is 1. The topological polar surface area (TPSA) is 40.5 Å². The summed E-state index contributed by atoms with van der Waals surface area (Å²) < 4.78 is 1.01. The van der Waals surface area contributed by atoms with Crippen LogP contribution >= 0.6 is 11.3 Å². The molecule has 1 unspecified atom stereocenters. The van der Waals surface area contributed by atoms with Gasteiger partial charge in [-0.05, 0) is 36.3 Å². The van der Waals surface area contributed by atoms with Crippen molar-refractivity contribution in [2.75, 3.05) is 40.3 Å². The van der Waals surface area contributed by atoms with Crippen molar-refractivity contribution in [2.24, 2.45) is 0 Å². The normalized spacial score (nSPS) is 18.9. The number of quaternary nitrogens is 1. The smallest absolute Gasteiger partial charge is 0.264 e. The van der Waals surface area contributed by atoms with E-state index in [1.54, 1.807) is 11.9 Å². The maximum Gasteiger partial charge on any atom is 0.264 e. The molecule has 5 heteroatoms. The van der Waals surface area contributed by atoms with Crippen LogP contribution in [-0.2, 0) is 10.4 Å². The number of likely N-dealkylation sites (tertiary alicyclic amines) is 1. The molecule has 1 aliphatic rings. The number of benzene rings is 1. The Hall–Kier alpha value is -1.69. The summed E-state index contributed by atoms with van der Waals surface area (Å²) in [6.45, 7) is 3.93. The van der Waals surface area contributed by atoms with Gasteiger partial charge in [0.15, 0.2) is 0 Å². The van der Waals surface area contributed by atoms with Crippen molar-refractivity contribution in [3.8, 4) is 0 Å². The Bertz CT molecular complexity index is 711. The molecule has 0 saturated carbocycles. The van der Waals surface area contributed by atoms with E-state index in [0.717, 1.165) is 11.0 Å². The third-order valence-corrected chi connectivity index (χ3v) is 6.58. The van der Waals surface area contributed by atoms with Gasteiger partial charge in [-0.3, -0.25) is 4.79 Å². The number of piperidine rings is 1. The zero-order valence-corrected chi connectivity index (χ0v) is 16.5. The van der Waals surface area contributed by atoms with Gasteiger partial charge in [0.1, 0.15) is 0 Å². The maximum atomic E-state index is 13.3. The van der Waals surface area contributed by atoms with Crippen LogP contribution < -0.4 is 0 Å². The Balaban J connectivity index is 1.79. The van der Waals surface area contributed by atoms with Crippen LogP contribution in [-0.4, -0.2) is 60.7 Å². The maximum absolute atomic E-state index is 13.3. The lowest BCUT2D eigenvalue weighted by Crippen LogP contribution is -2.53. The van der Waals surface area contributed by atoms with Gasteiger partial charge in [-0.15, -0.1) is 11.3 Å². The highest BCUT2D eigenvalue weighted by molar-refractivity contribution is 7.10. The highest BCUT2D eigenvalue weighted by Gasteiger charge is 2.43. The number of nitrogens with zero attached hydrogens (tertiary/aromatic N) is 2. The van der Waals surface area contributed by atoms with Gasteiger partial charge >= 0.3 is 0 Å². The number of carbonyl (C=O) groups excluding carboxylic acids is 1. The molecule has 1 fully saturated rings. The summed E-state index contributed by atoms with van der Waals surface area (Å²) in [5.41, 5.74) is -0.998. The van der Waals surface area contributed by atoms with E-state index in [1.165, 1.54) is 43.7 Å². The van der Waals surface area contributed by atoms with Crippen molar-refractivity contribution >= 4 is 17.2 Å². The van der Waals surface area contributed by atoms with Gasteiger partial charge in [-0.2, -0.15) is 0 Å². The molecular weight excluding hydrogens is 344 g/mol. The number of thiophene rings is 1. The Morgan fingerprint density at radius 3 is 2.46 bits per heavy atom. The summed E-state index contributed by atoms with van der Waals surface area (Å²) in [5, 5.41) is 13.4. The van der Waals surface area contributed by atoms with Gasteiger partial charge in [0.05, 0.1) is 38.1 Å². The number of rotatable bonds is 6. The summed E-state index contributed by atoms with van der Waals surface area (Å²) in [6, 6.07) is 13.0. The van der Waals surface area contributed by atoms with Crippen LogP contribution in [0.1, 0.15) is 29.7 Å². The average Bonchev–Trinajstić information content (AvgIpc) is 3.21. The van der Waals surface area contributed by atoms with Crippen LogP contribution in [0.15, 0.2) is 47.8 Å². The Morgan fingerprint density at radius 2 is 1.85 bits per heavy atom.